The summed E-state index contributed by atoms with van der Waals surface area (Å²) in [6, 6.07) is 2.48. The summed E-state index contributed by atoms with van der Waals surface area (Å²) in [4.78, 5) is 19.5. The van der Waals surface area contributed by atoms with Gasteiger partial charge in [0, 0.05) is 11.6 Å². The number of nitrogens with zero attached hydrogens (tertiary/aromatic N) is 3. The van der Waals surface area contributed by atoms with Crippen molar-refractivity contribution in [3.63, 3.8) is 0 Å². The van der Waals surface area contributed by atoms with Crippen molar-refractivity contribution in [1.29, 1.82) is 0 Å². The first-order chi connectivity index (χ1) is 11.4. The zero-order valence-corrected chi connectivity index (χ0v) is 19.1. The fraction of sp³-hybridized carbons (Fsp3) is 0.176. The summed E-state index contributed by atoms with van der Waals surface area (Å²) in [6.45, 7) is 7.00. The Morgan fingerprint density at radius 3 is 2.07 bits per heavy atom. The van der Waals surface area contributed by atoms with Gasteiger partial charge in [-0.2, -0.15) is 0 Å². The number of rotatable bonds is 1. The summed E-state index contributed by atoms with van der Waals surface area (Å²) in [6.07, 6.45) is 3.78. The molecule has 0 aliphatic heterocycles. The Hall–Kier alpha value is -0.954. The van der Waals surface area contributed by atoms with Gasteiger partial charge in [0.25, 0.3) is 0 Å². The van der Waals surface area contributed by atoms with Crippen LogP contribution < -0.4 is 17.0 Å². The summed E-state index contributed by atoms with van der Waals surface area (Å²) in [5, 5.41) is 10.7. The van der Waals surface area contributed by atoms with E-state index in [1.807, 2.05) is 0 Å². The Bertz CT molecular complexity index is 834. The molecule has 3 rings (SSSR count). The predicted octanol–water partition coefficient (Wildman–Crippen LogP) is 3.49. The molecule has 0 aromatic carbocycles. The molecule has 0 spiro atoms. The second kappa shape index (κ2) is 19.0. The van der Waals surface area contributed by atoms with Gasteiger partial charge in [0.1, 0.15) is 10.4 Å². The van der Waals surface area contributed by atoms with Gasteiger partial charge in [-0.15, -0.1) is 0 Å². The van der Waals surface area contributed by atoms with Crippen LogP contribution in [0.5, 0.6) is 0 Å². The van der Waals surface area contributed by atoms with Gasteiger partial charge in [0.05, 0.1) is 28.9 Å². The summed E-state index contributed by atoms with van der Waals surface area (Å²) >= 11 is 6.01. The molecule has 0 saturated carbocycles. The molecule has 0 amide bonds. The molecule has 158 valence electrons. The van der Waals surface area contributed by atoms with Crippen molar-refractivity contribution in [2.75, 3.05) is 0 Å². The largest absolute Gasteiger partial charge is 2.00 e. The number of hydrogen-bond donors (Lipinski definition) is 1. The minimum absolute atomic E-state index is 0. The third kappa shape index (κ3) is 11.1. The van der Waals surface area contributed by atoms with E-state index in [1.54, 1.807) is 12.3 Å². The quantitative estimate of drug-likeness (QED) is 0.150. The molecule has 0 aliphatic carbocycles. The molecule has 29 heavy (non-hydrogen) atoms. The molecular formula is C17H21Br3F2MgN4O2. The van der Waals surface area contributed by atoms with E-state index in [4.69, 9.17) is 0 Å². The fourth-order valence-corrected chi connectivity index (χ4v) is 2.32. The summed E-state index contributed by atoms with van der Waals surface area (Å²) < 4.78 is 25.9. The number of hydrogen-bond acceptors (Lipinski definition) is 4. The van der Waals surface area contributed by atoms with Crippen LogP contribution in [0.2, 0.25) is 0 Å². The van der Waals surface area contributed by atoms with Crippen LogP contribution in [0.1, 0.15) is 22.3 Å². The zero-order valence-electron chi connectivity index (χ0n) is 12.9. The minimum Gasteiger partial charge on any atom is -1.00 e. The van der Waals surface area contributed by atoms with Crippen LogP contribution in [0.25, 0.3) is 10.9 Å². The van der Waals surface area contributed by atoms with Gasteiger partial charge in [0.2, 0.25) is 0 Å². The normalized spacial score (nSPS) is 7.86. The average molecular weight is 615 g/mol. The Labute approximate surface area is 212 Å². The molecule has 0 atom stereocenters. The number of fused-ring (bicyclic) bond motifs is 1. The van der Waals surface area contributed by atoms with Crippen LogP contribution in [-0.2, 0) is 0 Å². The Morgan fingerprint density at radius 2 is 1.62 bits per heavy atom. The minimum atomic E-state index is -0.722. The zero-order chi connectivity index (χ0) is 18.3. The molecule has 12 heteroatoms. The molecule has 0 radical (unpaired) electrons. The molecule has 1 N–H and O–H groups in total. The van der Waals surface area contributed by atoms with Gasteiger partial charge in [-0.1, -0.05) is 22.3 Å². The maximum absolute atomic E-state index is 12.9. The molecule has 0 saturated heterocycles. The Morgan fingerprint density at radius 1 is 1.10 bits per heavy atom. The molecule has 0 aliphatic rings. The number of aromatic amines is 1. The summed E-state index contributed by atoms with van der Waals surface area (Å²) in [5.41, 5.74) is 0.329. The molecule has 3 heterocycles. The van der Waals surface area contributed by atoms with Crippen LogP contribution in [0.15, 0.2) is 46.5 Å². The molecule has 3 aromatic heterocycles. The van der Waals surface area contributed by atoms with Crippen molar-refractivity contribution >= 4 is 71.5 Å². The topological polar surface area (TPSA) is 84.7 Å². The molecule has 3 aromatic rings. The first kappa shape index (κ1) is 38.6. The van der Waals surface area contributed by atoms with Crippen LogP contribution in [0, 0.1) is 28.3 Å². The van der Waals surface area contributed by atoms with Gasteiger partial charge >= 0.3 is 28.7 Å². The van der Waals surface area contributed by atoms with Crippen molar-refractivity contribution in [3.05, 3.63) is 74.8 Å². The molecule has 0 bridgehead atoms. The fourth-order valence-electron chi connectivity index (χ4n) is 1.53. The van der Waals surface area contributed by atoms with E-state index in [0.717, 1.165) is 12.3 Å². The number of aromatic nitrogens is 3. The van der Waals surface area contributed by atoms with Crippen LogP contribution in [-0.4, -0.2) is 42.9 Å². The van der Waals surface area contributed by atoms with Gasteiger partial charge < -0.3 is 28.5 Å². The maximum atomic E-state index is 12.9. The molecular weight excluding hydrogens is 594 g/mol. The van der Waals surface area contributed by atoms with E-state index in [1.165, 1.54) is 6.20 Å². The summed E-state index contributed by atoms with van der Waals surface area (Å²) in [7, 11) is 0. The smallest absolute Gasteiger partial charge is 1.00 e. The maximum Gasteiger partial charge on any atom is 2.00 e. The second-order valence-electron chi connectivity index (χ2n) is 3.88. The number of H-pyrrole nitrogens is 1. The number of pyridine rings is 2. The second-order valence-corrected chi connectivity index (χ2v) is 5.39. The van der Waals surface area contributed by atoms with E-state index in [0.29, 0.717) is 15.5 Å². The van der Waals surface area contributed by atoms with Crippen LogP contribution in [0.3, 0.4) is 0 Å². The van der Waals surface area contributed by atoms with E-state index in [9.17, 15) is 18.9 Å². The predicted molar refractivity (Wildman–Crippen MR) is 118 cm³/mol. The Kier molecular flexibility index (Phi) is 25.4. The van der Waals surface area contributed by atoms with Gasteiger partial charge in [0.15, 0.2) is 10.4 Å². The third-order valence-corrected chi connectivity index (χ3v) is 3.70. The monoisotopic (exact) mass is 612 g/mol. The van der Waals surface area contributed by atoms with E-state index < -0.39 is 10.7 Å². The number of nitrogens with one attached hydrogen (secondary N) is 1. The van der Waals surface area contributed by atoms with Crippen LogP contribution >= 0.6 is 31.9 Å². The van der Waals surface area contributed by atoms with Crippen LogP contribution in [0.4, 0.5) is 14.5 Å². The van der Waals surface area contributed by atoms with E-state index in [2.05, 4.69) is 60.0 Å². The first-order valence-electron chi connectivity index (χ1n) is 6.03. The van der Waals surface area contributed by atoms with Crippen molar-refractivity contribution in [3.8, 4) is 0 Å². The van der Waals surface area contributed by atoms with E-state index in [-0.39, 0.29) is 78.4 Å². The van der Waals surface area contributed by atoms with E-state index >= 15 is 0 Å². The number of halogens is 5. The molecule has 0 unspecified atom stereocenters. The average Bonchev–Trinajstić information content (AvgIpc) is 3.07. The molecule has 6 nitrogen and oxygen atoms in total. The third-order valence-electron chi connectivity index (χ3n) is 2.49. The van der Waals surface area contributed by atoms with Gasteiger partial charge in [-0.25, -0.2) is 18.7 Å². The summed E-state index contributed by atoms with van der Waals surface area (Å²) in [5.74, 6) is -1.02. The standard InChI is InChI=1S/C7H4BrFN2.C5H2BrFN2O2.C2H3.3CH4.BrH.Mg/c8-7-6-4(1-2-10-6)5(9)3-11-7;6-5-4(9(10)11)1-3(7)2-8-5;1-2;;;;;/h1-3,10H;1-2H;1H,2H2;3*1H4;1H;/q;;-1;;;;;+2/p-1. The Balaban J connectivity index is -0.000000105. The van der Waals surface area contributed by atoms with Gasteiger partial charge in [-0.05, 0) is 37.9 Å². The number of nitro groups is 1. The van der Waals surface area contributed by atoms with Crippen molar-refractivity contribution in [2.24, 2.45) is 0 Å². The first-order valence-corrected chi connectivity index (χ1v) is 7.62. The molecule has 0 fully saturated rings. The van der Waals surface area contributed by atoms with Crippen molar-refractivity contribution in [2.45, 2.75) is 22.3 Å². The van der Waals surface area contributed by atoms with Crippen molar-refractivity contribution < 1.29 is 30.7 Å². The van der Waals surface area contributed by atoms with Gasteiger partial charge in [-0.3, -0.25) is 16.7 Å². The van der Waals surface area contributed by atoms with Crippen molar-refractivity contribution in [1.82, 2.24) is 15.0 Å². The SMILES string of the molecule is C.C.C.Fc1cnc(Br)c2[nH]ccc12.O=[N+]([O-])c1cc(F)cnc1Br.[Br-].[CH-]=C.[Mg+2].